The number of halogens is 3. The summed E-state index contributed by atoms with van der Waals surface area (Å²) < 4.78 is 35.5. The lowest BCUT2D eigenvalue weighted by atomic mass is 10.2. The Labute approximate surface area is 87.4 Å². The van der Waals surface area contributed by atoms with Crippen LogP contribution in [0.15, 0.2) is 0 Å². The Balaban J connectivity index is 3.99. The van der Waals surface area contributed by atoms with E-state index in [1.54, 1.807) is 6.92 Å². The molecule has 0 bridgehead atoms. The van der Waals surface area contributed by atoms with Crippen LogP contribution in [0.5, 0.6) is 0 Å². The molecule has 1 amide bonds. The van der Waals surface area contributed by atoms with Gasteiger partial charge in [-0.1, -0.05) is 0 Å². The first-order valence-electron chi connectivity index (χ1n) is 4.80. The molecule has 0 saturated carbocycles. The molecular weight excluding hydrogens is 209 g/mol. The number of carbonyl (C=O) groups is 1. The Morgan fingerprint density at radius 3 is 2.40 bits per heavy atom. The van der Waals surface area contributed by atoms with Crippen molar-refractivity contribution in [2.24, 2.45) is 5.73 Å². The topological polar surface area (TPSA) is 46.3 Å². The number of amides is 1. The van der Waals surface area contributed by atoms with E-state index in [1.165, 1.54) is 11.9 Å². The van der Waals surface area contributed by atoms with Crippen LogP contribution in [0.3, 0.4) is 0 Å². The van der Waals surface area contributed by atoms with E-state index in [9.17, 15) is 18.0 Å². The average molecular weight is 226 g/mol. The molecule has 0 saturated heterocycles. The lowest BCUT2D eigenvalue weighted by Gasteiger charge is -2.24. The lowest BCUT2D eigenvalue weighted by molar-refractivity contribution is -0.149. The van der Waals surface area contributed by atoms with E-state index < -0.39 is 24.9 Å². The zero-order chi connectivity index (χ0) is 12.1. The standard InChI is InChI=1S/C9H17F3N2O/c1-7(4-6-13)14(2)8(15)3-5-9(10,11)12/h7H,3-6,13H2,1-2H3. The van der Waals surface area contributed by atoms with E-state index in [-0.39, 0.29) is 6.04 Å². The molecule has 0 heterocycles. The predicted molar refractivity (Wildman–Crippen MR) is 51.2 cm³/mol. The second-order valence-electron chi connectivity index (χ2n) is 3.55. The monoisotopic (exact) mass is 226 g/mol. The molecule has 1 atom stereocenters. The summed E-state index contributed by atoms with van der Waals surface area (Å²) in [6.07, 6.45) is -5.23. The van der Waals surface area contributed by atoms with E-state index in [4.69, 9.17) is 5.73 Å². The molecule has 0 aliphatic rings. The first-order valence-corrected chi connectivity index (χ1v) is 4.80. The second kappa shape index (κ2) is 5.95. The molecule has 0 rings (SSSR count). The molecule has 0 aliphatic carbocycles. The van der Waals surface area contributed by atoms with Crippen molar-refractivity contribution in [2.45, 2.75) is 38.4 Å². The molecule has 0 aromatic rings. The van der Waals surface area contributed by atoms with Crippen LogP contribution >= 0.6 is 0 Å². The van der Waals surface area contributed by atoms with Crippen LogP contribution in [0.4, 0.5) is 13.2 Å². The summed E-state index contributed by atoms with van der Waals surface area (Å²) in [4.78, 5) is 12.6. The van der Waals surface area contributed by atoms with Crippen molar-refractivity contribution in [3.8, 4) is 0 Å². The maximum atomic E-state index is 11.8. The van der Waals surface area contributed by atoms with Crippen molar-refractivity contribution in [3.05, 3.63) is 0 Å². The van der Waals surface area contributed by atoms with Crippen LogP contribution in [-0.4, -0.2) is 36.6 Å². The maximum Gasteiger partial charge on any atom is 0.389 e. The zero-order valence-electron chi connectivity index (χ0n) is 8.97. The Morgan fingerprint density at radius 2 is 2.00 bits per heavy atom. The summed E-state index contributed by atoms with van der Waals surface area (Å²) in [5.41, 5.74) is 5.29. The Bertz CT molecular complexity index is 206. The minimum Gasteiger partial charge on any atom is -0.343 e. The summed E-state index contributed by atoms with van der Waals surface area (Å²) in [5.74, 6) is -0.492. The third-order valence-corrected chi connectivity index (χ3v) is 2.26. The predicted octanol–water partition coefficient (Wildman–Crippen LogP) is 1.52. The molecule has 0 spiro atoms. The van der Waals surface area contributed by atoms with Gasteiger partial charge in [-0.25, -0.2) is 0 Å². The SMILES string of the molecule is CC(CCN)N(C)C(=O)CCC(F)(F)F. The van der Waals surface area contributed by atoms with Crippen LogP contribution < -0.4 is 5.73 Å². The highest BCUT2D eigenvalue weighted by atomic mass is 19.4. The number of rotatable bonds is 5. The quantitative estimate of drug-likeness (QED) is 0.772. The highest BCUT2D eigenvalue weighted by Gasteiger charge is 2.29. The minimum absolute atomic E-state index is 0.115. The van der Waals surface area contributed by atoms with Crippen molar-refractivity contribution in [2.75, 3.05) is 13.6 Å². The molecule has 1 unspecified atom stereocenters. The van der Waals surface area contributed by atoms with Crippen molar-refractivity contribution < 1.29 is 18.0 Å². The Hall–Kier alpha value is -0.780. The van der Waals surface area contributed by atoms with Gasteiger partial charge in [-0.15, -0.1) is 0 Å². The highest BCUT2D eigenvalue weighted by molar-refractivity contribution is 5.76. The third-order valence-electron chi connectivity index (χ3n) is 2.26. The normalized spacial score (nSPS) is 13.7. The molecule has 15 heavy (non-hydrogen) atoms. The Morgan fingerprint density at radius 1 is 1.47 bits per heavy atom. The fraction of sp³-hybridized carbons (Fsp3) is 0.889. The van der Waals surface area contributed by atoms with Gasteiger partial charge in [0.25, 0.3) is 0 Å². The van der Waals surface area contributed by atoms with Gasteiger partial charge in [0.05, 0.1) is 6.42 Å². The van der Waals surface area contributed by atoms with E-state index in [2.05, 4.69) is 0 Å². The molecule has 90 valence electrons. The van der Waals surface area contributed by atoms with Crippen LogP contribution in [-0.2, 0) is 4.79 Å². The first-order chi connectivity index (χ1) is 6.78. The van der Waals surface area contributed by atoms with Gasteiger partial charge >= 0.3 is 6.18 Å². The van der Waals surface area contributed by atoms with Gasteiger partial charge in [0.2, 0.25) is 5.91 Å². The van der Waals surface area contributed by atoms with Gasteiger partial charge in [0.1, 0.15) is 0 Å². The summed E-state index contributed by atoms with van der Waals surface area (Å²) in [5, 5.41) is 0. The second-order valence-corrected chi connectivity index (χ2v) is 3.55. The number of carbonyl (C=O) groups excluding carboxylic acids is 1. The van der Waals surface area contributed by atoms with E-state index in [0.29, 0.717) is 13.0 Å². The lowest BCUT2D eigenvalue weighted by Crippen LogP contribution is -2.36. The van der Waals surface area contributed by atoms with Crippen LogP contribution in [0.2, 0.25) is 0 Å². The summed E-state index contributed by atoms with van der Waals surface area (Å²) in [6, 6.07) is -0.115. The van der Waals surface area contributed by atoms with Crippen molar-refractivity contribution >= 4 is 5.91 Å². The molecule has 0 radical (unpaired) electrons. The molecule has 2 N–H and O–H groups in total. The van der Waals surface area contributed by atoms with Gasteiger partial charge in [-0.2, -0.15) is 13.2 Å². The van der Waals surface area contributed by atoms with Crippen molar-refractivity contribution in [1.82, 2.24) is 4.90 Å². The molecule has 0 aromatic heterocycles. The van der Waals surface area contributed by atoms with Crippen molar-refractivity contribution in [3.63, 3.8) is 0 Å². The Kier molecular flexibility index (Phi) is 5.64. The number of hydrogen-bond donors (Lipinski definition) is 1. The van der Waals surface area contributed by atoms with Gasteiger partial charge < -0.3 is 10.6 Å². The van der Waals surface area contributed by atoms with Gasteiger partial charge in [0, 0.05) is 19.5 Å². The average Bonchev–Trinajstić information content (AvgIpc) is 2.12. The smallest absolute Gasteiger partial charge is 0.343 e. The van der Waals surface area contributed by atoms with E-state index >= 15 is 0 Å². The van der Waals surface area contributed by atoms with Gasteiger partial charge in [-0.3, -0.25) is 4.79 Å². The summed E-state index contributed by atoms with van der Waals surface area (Å²) in [6.45, 7) is 2.18. The van der Waals surface area contributed by atoms with Crippen LogP contribution in [0, 0.1) is 0 Å². The molecule has 0 aromatic carbocycles. The summed E-state index contributed by atoms with van der Waals surface area (Å²) in [7, 11) is 1.50. The molecule has 6 heteroatoms. The number of nitrogens with two attached hydrogens (primary N) is 1. The van der Waals surface area contributed by atoms with Crippen molar-refractivity contribution in [1.29, 1.82) is 0 Å². The fourth-order valence-corrected chi connectivity index (χ4v) is 1.11. The largest absolute Gasteiger partial charge is 0.389 e. The molecular formula is C9H17F3N2O. The zero-order valence-corrected chi connectivity index (χ0v) is 8.97. The third kappa shape index (κ3) is 6.33. The maximum absolute atomic E-state index is 11.8. The highest BCUT2D eigenvalue weighted by Crippen LogP contribution is 2.22. The van der Waals surface area contributed by atoms with Gasteiger partial charge in [0.15, 0.2) is 0 Å². The molecule has 3 nitrogen and oxygen atoms in total. The number of nitrogens with zero attached hydrogens (tertiary/aromatic N) is 1. The van der Waals surface area contributed by atoms with E-state index in [0.717, 1.165) is 0 Å². The van der Waals surface area contributed by atoms with Gasteiger partial charge in [-0.05, 0) is 19.9 Å². The number of hydrogen-bond acceptors (Lipinski definition) is 2. The van der Waals surface area contributed by atoms with Crippen LogP contribution in [0.25, 0.3) is 0 Å². The first kappa shape index (κ1) is 14.2. The van der Waals surface area contributed by atoms with E-state index in [1.807, 2.05) is 0 Å². The van der Waals surface area contributed by atoms with Crippen LogP contribution in [0.1, 0.15) is 26.2 Å². The molecule has 0 aliphatic heterocycles. The fourth-order valence-electron chi connectivity index (χ4n) is 1.11. The minimum atomic E-state index is -4.27. The number of alkyl halides is 3. The molecule has 0 fully saturated rings. The summed E-state index contributed by atoms with van der Waals surface area (Å²) >= 11 is 0.